The standard InChI is InChI=1S/C12H18N2O3/c1-14(8-10-3-5-13-6-4-10)9-11(15)7-12(16)17-2/h3-6,11,15H,7-9H2,1-2H3. The van der Waals surface area contributed by atoms with Crippen molar-refractivity contribution >= 4 is 5.97 Å². The predicted octanol–water partition coefficient (Wildman–Crippen LogP) is 0.437. The molecule has 1 unspecified atom stereocenters. The highest BCUT2D eigenvalue weighted by Gasteiger charge is 2.13. The highest BCUT2D eigenvalue weighted by atomic mass is 16.5. The quantitative estimate of drug-likeness (QED) is 0.728. The van der Waals surface area contributed by atoms with Gasteiger partial charge in [0.15, 0.2) is 0 Å². The van der Waals surface area contributed by atoms with E-state index in [1.165, 1.54) is 7.11 Å². The first-order valence-electron chi connectivity index (χ1n) is 5.44. The second-order valence-corrected chi connectivity index (χ2v) is 3.99. The van der Waals surface area contributed by atoms with Crippen LogP contribution in [0.15, 0.2) is 24.5 Å². The molecule has 0 spiro atoms. The highest BCUT2D eigenvalue weighted by molar-refractivity contribution is 5.69. The number of aromatic nitrogens is 1. The van der Waals surface area contributed by atoms with Crippen LogP contribution in [-0.4, -0.2) is 47.8 Å². The Morgan fingerprint density at radius 1 is 1.53 bits per heavy atom. The largest absolute Gasteiger partial charge is 0.469 e. The summed E-state index contributed by atoms with van der Waals surface area (Å²) in [6, 6.07) is 3.84. The number of pyridine rings is 1. The third kappa shape index (κ3) is 5.42. The van der Waals surface area contributed by atoms with E-state index in [9.17, 15) is 9.90 Å². The Labute approximate surface area is 101 Å². The molecule has 17 heavy (non-hydrogen) atoms. The molecule has 0 aliphatic heterocycles. The van der Waals surface area contributed by atoms with Crippen LogP contribution in [-0.2, 0) is 16.1 Å². The lowest BCUT2D eigenvalue weighted by Gasteiger charge is -2.19. The minimum absolute atomic E-state index is 0.0250. The van der Waals surface area contributed by atoms with Gasteiger partial charge in [0.05, 0.1) is 19.6 Å². The zero-order valence-electron chi connectivity index (χ0n) is 10.2. The van der Waals surface area contributed by atoms with Crippen LogP contribution in [0.2, 0.25) is 0 Å². The van der Waals surface area contributed by atoms with Crippen LogP contribution in [0.4, 0.5) is 0 Å². The lowest BCUT2D eigenvalue weighted by molar-refractivity contribution is -0.143. The second kappa shape index (κ2) is 6.98. The molecule has 0 amide bonds. The van der Waals surface area contributed by atoms with Gasteiger partial charge < -0.3 is 9.84 Å². The molecule has 1 rings (SSSR count). The zero-order valence-corrected chi connectivity index (χ0v) is 10.2. The summed E-state index contributed by atoms with van der Waals surface area (Å²) in [6.45, 7) is 1.14. The van der Waals surface area contributed by atoms with Crippen LogP contribution in [0, 0.1) is 0 Å². The number of ether oxygens (including phenoxy) is 1. The van der Waals surface area contributed by atoms with Gasteiger partial charge in [0.2, 0.25) is 0 Å². The molecular weight excluding hydrogens is 220 g/mol. The van der Waals surface area contributed by atoms with Gasteiger partial charge in [-0.05, 0) is 24.7 Å². The van der Waals surface area contributed by atoms with Gasteiger partial charge in [0.25, 0.3) is 0 Å². The van der Waals surface area contributed by atoms with Gasteiger partial charge in [-0.3, -0.25) is 14.7 Å². The van der Waals surface area contributed by atoms with E-state index >= 15 is 0 Å². The first-order chi connectivity index (χ1) is 8.11. The zero-order chi connectivity index (χ0) is 12.7. The Hall–Kier alpha value is -1.46. The molecule has 5 nitrogen and oxygen atoms in total. The summed E-state index contributed by atoms with van der Waals surface area (Å²) < 4.78 is 4.49. The van der Waals surface area contributed by atoms with Crippen molar-refractivity contribution in [3.63, 3.8) is 0 Å². The summed E-state index contributed by atoms with van der Waals surface area (Å²) in [4.78, 5) is 16.8. The van der Waals surface area contributed by atoms with E-state index < -0.39 is 12.1 Å². The van der Waals surface area contributed by atoms with Gasteiger partial charge in [-0.2, -0.15) is 0 Å². The number of aliphatic hydroxyl groups is 1. The van der Waals surface area contributed by atoms with Crippen LogP contribution >= 0.6 is 0 Å². The second-order valence-electron chi connectivity index (χ2n) is 3.99. The van der Waals surface area contributed by atoms with Crippen LogP contribution in [0.5, 0.6) is 0 Å². The number of esters is 1. The van der Waals surface area contributed by atoms with Crippen molar-refractivity contribution in [3.05, 3.63) is 30.1 Å². The molecule has 0 radical (unpaired) electrons. The molecule has 1 N–H and O–H groups in total. The Balaban J connectivity index is 2.34. The predicted molar refractivity (Wildman–Crippen MR) is 63.2 cm³/mol. The number of nitrogens with zero attached hydrogens (tertiary/aromatic N) is 2. The Kier molecular flexibility index (Phi) is 5.59. The summed E-state index contributed by atoms with van der Waals surface area (Å²) >= 11 is 0. The SMILES string of the molecule is COC(=O)CC(O)CN(C)Cc1ccncc1. The third-order valence-electron chi connectivity index (χ3n) is 2.35. The first-order valence-corrected chi connectivity index (χ1v) is 5.44. The van der Waals surface area contributed by atoms with Crippen molar-refractivity contribution < 1.29 is 14.6 Å². The van der Waals surface area contributed by atoms with E-state index in [-0.39, 0.29) is 6.42 Å². The number of likely N-dealkylation sites (N-methyl/N-ethyl adjacent to an activating group) is 1. The molecule has 0 saturated carbocycles. The lowest BCUT2D eigenvalue weighted by Crippen LogP contribution is -2.30. The number of methoxy groups -OCH3 is 1. The summed E-state index contributed by atoms with van der Waals surface area (Å²) in [5, 5.41) is 9.64. The van der Waals surface area contributed by atoms with Gasteiger partial charge in [0, 0.05) is 25.5 Å². The molecule has 1 aromatic heterocycles. The number of hydrogen-bond donors (Lipinski definition) is 1. The van der Waals surface area contributed by atoms with E-state index in [2.05, 4.69) is 9.72 Å². The van der Waals surface area contributed by atoms with Gasteiger partial charge in [-0.1, -0.05) is 0 Å². The topological polar surface area (TPSA) is 62.7 Å². The average Bonchev–Trinajstić information content (AvgIpc) is 2.29. The molecule has 0 aromatic carbocycles. The molecule has 1 heterocycles. The summed E-state index contributed by atoms with van der Waals surface area (Å²) in [6.07, 6.45) is 2.79. The van der Waals surface area contributed by atoms with E-state index in [4.69, 9.17) is 0 Å². The van der Waals surface area contributed by atoms with E-state index in [1.807, 2.05) is 24.1 Å². The van der Waals surface area contributed by atoms with Crippen molar-refractivity contribution in [1.82, 2.24) is 9.88 Å². The summed E-state index contributed by atoms with van der Waals surface area (Å²) in [5.41, 5.74) is 1.12. The molecule has 94 valence electrons. The first kappa shape index (κ1) is 13.6. The van der Waals surface area contributed by atoms with Gasteiger partial charge in [0.1, 0.15) is 0 Å². The number of rotatable bonds is 6. The van der Waals surface area contributed by atoms with Crippen molar-refractivity contribution in [2.75, 3.05) is 20.7 Å². The number of carbonyl (C=O) groups is 1. The minimum atomic E-state index is -0.700. The summed E-state index contributed by atoms with van der Waals surface area (Å²) in [5.74, 6) is -0.394. The minimum Gasteiger partial charge on any atom is -0.469 e. The molecule has 1 atom stereocenters. The van der Waals surface area contributed by atoms with Gasteiger partial charge >= 0.3 is 5.97 Å². The van der Waals surface area contributed by atoms with Gasteiger partial charge in [-0.15, -0.1) is 0 Å². The molecule has 5 heteroatoms. The van der Waals surface area contributed by atoms with Crippen LogP contribution in [0.1, 0.15) is 12.0 Å². The Morgan fingerprint density at radius 3 is 2.76 bits per heavy atom. The van der Waals surface area contributed by atoms with Crippen LogP contribution in [0.3, 0.4) is 0 Å². The maximum absolute atomic E-state index is 11.0. The normalized spacial score (nSPS) is 12.5. The van der Waals surface area contributed by atoms with E-state index in [0.29, 0.717) is 13.1 Å². The number of carbonyl (C=O) groups excluding carboxylic acids is 1. The maximum Gasteiger partial charge on any atom is 0.308 e. The monoisotopic (exact) mass is 238 g/mol. The smallest absolute Gasteiger partial charge is 0.308 e. The molecular formula is C12H18N2O3. The van der Waals surface area contributed by atoms with E-state index in [0.717, 1.165) is 5.56 Å². The fraction of sp³-hybridized carbons (Fsp3) is 0.500. The lowest BCUT2D eigenvalue weighted by atomic mass is 10.2. The molecule has 1 aromatic rings. The molecule has 0 bridgehead atoms. The molecule has 0 fully saturated rings. The average molecular weight is 238 g/mol. The van der Waals surface area contributed by atoms with Crippen molar-refractivity contribution in [3.8, 4) is 0 Å². The fourth-order valence-corrected chi connectivity index (χ4v) is 1.56. The van der Waals surface area contributed by atoms with E-state index in [1.54, 1.807) is 12.4 Å². The fourth-order valence-electron chi connectivity index (χ4n) is 1.56. The van der Waals surface area contributed by atoms with Crippen LogP contribution < -0.4 is 0 Å². The molecule has 0 aliphatic rings. The molecule has 0 aliphatic carbocycles. The Bertz CT molecular complexity index is 343. The van der Waals surface area contributed by atoms with Crippen LogP contribution in [0.25, 0.3) is 0 Å². The Morgan fingerprint density at radius 2 is 2.18 bits per heavy atom. The van der Waals surface area contributed by atoms with Crippen molar-refractivity contribution in [1.29, 1.82) is 0 Å². The number of hydrogen-bond acceptors (Lipinski definition) is 5. The van der Waals surface area contributed by atoms with Crippen molar-refractivity contribution in [2.45, 2.75) is 19.1 Å². The highest BCUT2D eigenvalue weighted by Crippen LogP contribution is 2.03. The third-order valence-corrected chi connectivity index (χ3v) is 2.35. The molecule has 0 saturated heterocycles. The van der Waals surface area contributed by atoms with Gasteiger partial charge in [-0.25, -0.2) is 0 Å². The number of aliphatic hydroxyl groups excluding tert-OH is 1. The van der Waals surface area contributed by atoms with Crippen molar-refractivity contribution in [2.24, 2.45) is 0 Å². The maximum atomic E-state index is 11.0. The summed E-state index contributed by atoms with van der Waals surface area (Å²) in [7, 11) is 3.21.